The molecule has 0 saturated carbocycles. The summed E-state index contributed by atoms with van der Waals surface area (Å²) < 4.78 is 19.5. The first-order valence-electron chi connectivity index (χ1n) is 9.19. The number of ether oxygens (including phenoxy) is 1. The minimum absolute atomic E-state index is 0.0186. The smallest absolute Gasteiger partial charge is 0.260 e. The SMILES string of the molecule is CC1CN(C(=O)COc2ccc(Cl)cc2Br)C(C)CN1Cc1ccc(F)cc1. The van der Waals surface area contributed by atoms with Gasteiger partial charge in [-0.1, -0.05) is 23.7 Å². The first-order chi connectivity index (χ1) is 13.3. The molecule has 0 aliphatic carbocycles. The van der Waals surface area contributed by atoms with Crippen LogP contribution in [-0.4, -0.2) is 47.5 Å². The number of nitrogens with zero attached hydrogens (tertiary/aromatic N) is 2. The van der Waals surface area contributed by atoms with Gasteiger partial charge in [-0.15, -0.1) is 0 Å². The Labute approximate surface area is 178 Å². The van der Waals surface area contributed by atoms with E-state index < -0.39 is 0 Å². The maximum absolute atomic E-state index is 13.1. The lowest BCUT2D eigenvalue weighted by Crippen LogP contribution is -2.58. The van der Waals surface area contributed by atoms with Crippen molar-refractivity contribution in [1.29, 1.82) is 0 Å². The van der Waals surface area contributed by atoms with Crippen molar-refractivity contribution in [1.82, 2.24) is 9.80 Å². The Bertz CT molecular complexity index is 834. The Balaban J connectivity index is 1.57. The molecule has 1 fully saturated rings. The zero-order valence-corrected chi connectivity index (χ0v) is 18.2. The van der Waals surface area contributed by atoms with Gasteiger partial charge in [-0.05, 0) is 65.7 Å². The number of piperazine rings is 1. The number of amides is 1. The van der Waals surface area contributed by atoms with Crippen molar-refractivity contribution < 1.29 is 13.9 Å². The molecule has 0 bridgehead atoms. The van der Waals surface area contributed by atoms with E-state index >= 15 is 0 Å². The third-order valence-electron chi connectivity index (χ3n) is 4.98. The van der Waals surface area contributed by atoms with Gasteiger partial charge in [-0.3, -0.25) is 9.69 Å². The summed E-state index contributed by atoms with van der Waals surface area (Å²) >= 11 is 9.33. The van der Waals surface area contributed by atoms with Gasteiger partial charge in [0.2, 0.25) is 0 Å². The fraction of sp³-hybridized carbons (Fsp3) is 0.381. The Kier molecular flexibility index (Phi) is 6.96. The normalized spacial score (nSPS) is 20.2. The third kappa shape index (κ3) is 5.25. The molecule has 2 aromatic carbocycles. The molecular formula is C21H23BrClFN2O2. The molecule has 3 rings (SSSR count). The van der Waals surface area contributed by atoms with E-state index in [1.165, 1.54) is 12.1 Å². The van der Waals surface area contributed by atoms with Crippen LogP contribution in [0.3, 0.4) is 0 Å². The summed E-state index contributed by atoms with van der Waals surface area (Å²) in [6.45, 7) is 6.25. The molecule has 4 nitrogen and oxygen atoms in total. The van der Waals surface area contributed by atoms with Gasteiger partial charge in [0.15, 0.2) is 6.61 Å². The van der Waals surface area contributed by atoms with Crippen LogP contribution in [0.4, 0.5) is 4.39 Å². The summed E-state index contributed by atoms with van der Waals surface area (Å²) in [6.07, 6.45) is 0. The summed E-state index contributed by atoms with van der Waals surface area (Å²) in [5.41, 5.74) is 1.07. The highest BCUT2D eigenvalue weighted by atomic mass is 79.9. The highest BCUT2D eigenvalue weighted by molar-refractivity contribution is 9.10. The number of carbonyl (C=O) groups excluding carboxylic acids is 1. The summed E-state index contributed by atoms with van der Waals surface area (Å²) in [5, 5.41) is 0.602. The van der Waals surface area contributed by atoms with E-state index in [0.29, 0.717) is 17.3 Å². The molecule has 1 saturated heterocycles. The van der Waals surface area contributed by atoms with Crippen molar-refractivity contribution in [2.24, 2.45) is 0 Å². The largest absolute Gasteiger partial charge is 0.483 e. The maximum Gasteiger partial charge on any atom is 0.260 e. The highest BCUT2D eigenvalue weighted by Gasteiger charge is 2.32. The Hall–Kier alpha value is -1.63. The molecule has 1 amide bonds. The molecule has 0 radical (unpaired) electrons. The Morgan fingerprint density at radius 1 is 1.18 bits per heavy atom. The van der Waals surface area contributed by atoms with Crippen molar-refractivity contribution in [2.45, 2.75) is 32.5 Å². The van der Waals surface area contributed by atoms with Crippen molar-refractivity contribution >= 4 is 33.4 Å². The summed E-state index contributed by atoms with van der Waals surface area (Å²) in [6, 6.07) is 12.1. The van der Waals surface area contributed by atoms with Gasteiger partial charge < -0.3 is 9.64 Å². The summed E-state index contributed by atoms with van der Waals surface area (Å²) in [7, 11) is 0. The second kappa shape index (κ2) is 9.25. The topological polar surface area (TPSA) is 32.8 Å². The number of hydrogen-bond acceptors (Lipinski definition) is 3. The van der Waals surface area contributed by atoms with Gasteiger partial charge >= 0.3 is 0 Å². The van der Waals surface area contributed by atoms with Gasteiger partial charge in [-0.2, -0.15) is 0 Å². The van der Waals surface area contributed by atoms with Crippen LogP contribution in [0.1, 0.15) is 19.4 Å². The number of carbonyl (C=O) groups is 1. The summed E-state index contributed by atoms with van der Waals surface area (Å²) in [4.78, 5) is 16.9. The number of halogens is 3. The van der Waals surface area contributed by atoms with E-state index in [2.05, 4.69) is 27.8 Å². The molecule has 1 aliphatic heterocycles. The molecule has 0 aromatic heterocycles. The predicted molar refractivity (Wildman–Crippen MR) is 112 cm³/mol. The molecule has 1 aliphatic rings. The second-order valence-corrected chi connectivity index (χ2v) is 8.45. The minimum atomic E-state index is -0.229. The van der Waals surface area contributed by atoms with E-state index in [0.717, 1.165) is 23.1 Å². The van der Waals surface area contributed by atoms with Crippen molar-refractivity contribution in [3.63, 3.8) is 0 Å². The lowest BCUT2D eigenvalue weighted by molar-refractivity contribution is -0.139. The number of hydrogen-bond donors (Lipinski definition) is 0. The molecule has 1 heterocycles. The van der Waals surface area contributed by atoms with Crippen LogP contribution in [0.5, 0.6) is 5.75 Å². The lowest BCUT2D eigenvalue weighted by Gasteiger charge is -2.44. The molecule has 7 heteroatoms. The Morgan fingerprint density at radius 3 is 2.57 bits per heavy atom. The molecule has 0 N–H and O–H groups in total. The van der Waals surface area contributed by atoms with Gasteiger partial charge in [0.25, 0.3) is 5.91 Å². The van der Waals surface area contributed by atoms with Crippen LogP contribution in [0.2, 0.25) is 5.02 Å². The molecule has 28 heavy (non-hydrogen) atoms. The van der Waals surface area contributed by atoms with E-state index in [1.807, 2.05) is 24.0 Å². The molecule has 2 aromatic rings. The zero-order valence-electron chi connectivity index (χ0n) is 15.9. The fourth-order valence-corrected chi connectivity index (χ4v) is 4.20. The zero-order chi connectivity index (χ0) is 20.3. The van der Waals surface area contributed by atoms with E-state index in [9.17, 15) is 9.18 Å². The Morgan fingerprint density at radius 2 is 1.89 bits per heavy atom. The van der Waals surface area contributed by atoms with Crippen LogP contribution in [-0.2, 0) is 11.3 Å². The van der Waals surface area contributed by atoms with Crippen molar-refractivity contribution in [3.8, 4) is 5.75 Å². The molecule has 0 spiro atoms. The molecular weight excluding hydrogens is 447 g/mol. The first kappa shape index (κ1) is 21.1. The van der Waals surface area contributed by atoms with Crippen LogP contribution in [0.25, 0.3) is 0 Å². The highest BCUT2D eigenvalue weighted by Crippen LogP contribution is 2.28. The first-order valence-corrected chi connectivity index (χ1v) is 10.4. The van der Waals surface area contributed by atoms with E-state index in [-0.39, 0.29) is 30.4 Å². The quantitative estimate of drug-likeness (QED) is 0.634. The molecule has 2 unspecified atom stereocenters. The van der Waals surface area contributed by atoms with Gasteiger partial charge in [0.05, 0.1) is 4.47 Å². The lowest BCUT2D eigenvalue weighted by atomic mass is 10.1. The van der Waals surface area contributed by atoms with Gasteiger partial charge in [0.1, 0.15) is 11.6 Å². The van der Waals surface area contributed by atoms with Crippen molar-refractivity contribution in [2.75, 3.05) is 19.7 Å². The summed E-state index contributed by atoms with van der Waals surface area (Å²) in [5.74, 6) is 0.323. The minimum Gasteiger partial charge on any atom is -0.483 e. The fourth-order valence-electron chi connectivity index (χ4n) is 3.40. The average Bonchev–Trinajstić information content (AvgIpc) is 2.65. The predicted octanol–water partition coefficient (Wildman–Crippen LogP) is 4.74. The van der Waals surface area contributed by atoms with Gasteiger partial charge in [0, 0.05) is 36.7 Å². The van der Waals surface area contributed by atoms with Crippen LogP contribution in [0.15, 0.2) is 46.9 Å². The molecule has 150 valence electrons. The standard InChI is InChI=1S/C21H23BrClFN2O2/c1-14-11-26(21(27)13-28-20-8-5-17(23)9-19(20)22)15(2)10-25(14)12-16-3-6-18(24)7-4-16/h3-9,14-15H,10-13H2,1-2H3. The van der Waals surface area contributed by atoms with Crippen LogP contribution >= 0.6 is 27.5 Å². The van der Waals surface area contributed by atoms with Crippen LogP contribution < -0.4 is 4.74 Å². The number of rotatable bonds is 5. The van der Waals surface area contributed by atoms with E-state index in [4.69, 9.17) is 16.3 Å². The van der Waals surface area contributed by atoms with Crippen molar-refractivity contribution in [3.05, 3.63) is 63.3 Å². The number of benzene rings is 2. The van der Waals surface area contributed by atoms with Gasteiger partial charge in [-0.25, -0.2) is 4.39 Å². The van der Waals surface area contributed by atoms with Crippen LogP contribution in [0, 0.1) is 5.82 Å². The monoisotopic (exact) mass is 468 g/mol. The second-order valence-electron chi connectivity index (χ2n) is 7.16. The third-order valence-corrected chi connectivity index (χ3v) is 5.83. The van der Waals surface area contributed by atoms with E-state index in [1.54, 1.807) is 18.2 Å². The molecule has 2 atom stereocenters. The average molecular weight is 470 g/mol. The maximum atomic E-state index is 13.1.